The zero-order chi connectivity index (χ0) is 21.3. The van der Waals surface area contributed by atoms with E-state index in [-0.39, 0.29) is 6.61 Å². The van der Waals surface area contributed by atoms with E-state index in [0.29, 0.717) is 0 Å². The van der Waals surface area contributed by atoms with E-state index >= 15 is 0 Å². The van der Waals surface area contributed by atoms with Crippen LogP contribution in [0.5, 0.6) is 0 Å². The van der Waals surface area contributed by atoms with Crippen LogP contribution in [0, 0.1) is 13.8 Å². The van der Waals surface area contributed by atoms with Gasteiger partial charge >= 0.3 is 17.9 Å². The van der Waals surface area contributed by atoms with Gasteiger partial charge in [-0.1, -0.05) is 0 Å². The molecule has 0 N–H and O–H groups in total. The summed E-state index contributed by atoms with van der Waals surface area (Å²) in [7, 11) is 0. The monoisotopic (exact) mass is 404 g/mol. The summed E-state index contributed by atoms with van der Waals surface area (Å²) in [6.45, 7) is 7.61. The molecule has 1 aliphatic rings. The highest BCUT2D eigenvalue weighted by Gasteiger charge is 2.50. The Bertz CT molecular complexity index is 952. The quantitative estimate of drug-likeness (QED) is 0.550. The second-order valence-electron chi connectivity index (χ2n) is 7.09. The molecule has 1 aromatic heterocycles. The van der Waals surface area contributed by atoms with Gasteiger partial charge in [0.1, 0.15) is 12.7 Å². The average Bonchev–Trinajstić information content (AvgIpc) is 3.14. The van der Waals surface area contributed by atoms with E-state index in [1.165, 1.54) is 20.8 Å². The van der Waals surface area contributed by atoms with Crippen LogP contribution in [0.2, 0.25) is 0 Å². The molecule has 0 unspecified atom stereocenters. The van der Waals surface area contributed by atoms with Gasteiger partial charge in [0.25, 0.3) is 0 Å². The Morgan fingerprint density at radius 1 is 1.00 bits per heavy atom. The lowest BCUT2D eigenvalue weighted by molar-refractivity contribution is -0.166. The number of carbonyl (C=O) groups is 3. The van der Waals surface area contributed by atoms with E-state index in [9.17, 15) is 14.4 Å². The molecule has 2 aromatic rings. The smallest absolute Gasteiger partial charge is 0.303 e. The van der Waals surface area contributed by atoms with Gasteiger partial charge in [-0.05, 0) is 37.1 Å². The highest BCUT2D eigenvalue weighted by Crippen LogP contribution is 2.36. The molecule has 0 radical (unpaired) electrons. The Kier molecular flexibility index (Phi) is 5.88. The van der Waals surface area contributed by atoms with Gasteiger partial charge in [0.2, 0.25) is 0 Å². The molecule has 0 aliphatic carbocycles. The lowest BCUT2D eigenvalue weighted by Gasteiger charge is -2.24. The molecule has 4 atom stereocenters. The van der Waals surface area contributed by atoms with Crippen molar-refractivity contribution >= 4 is 28.9 Å². The minimum Gasteiger partial charge on any atom is -0.463 e. The van der Waals surface area contributed by atoms with Gasteiger partial charge in [-0.2, -0.15) is 0 Å². The highest BCUT2D eigenvalue weighted by atomic mass is 16.7. The number of hydrogen-bond acceptors (Lipinski definition) is 8. The minimum atomic E-state index is -0.940. The summed E-state index contributed by atoms with van der Waals surface area (Å²) in [5.74, 6) is -1.61. The van der Waals surface area contributed by atoms with Gasteiger partial charge in [-0.25, -0.2) is 4.98 Å². The normalized spacial score (nSPS) is 23.8. The Morgan fingerprint density at radius 3 is 2.24 bits per heavy atom. The Hall–Kier alpha value is -2.94. The lowest BCUT2D eigenvalue weighted by Crippen LogP contribution is -2.40. The van der Waals surface area contributed by atoms with Gasteiger partial charge < -0.3 is 23.5 Å². The van der Waals surface area contributed by atoms with Crippen molar-refractivity contribution in [1.82, 2.24) is 9.55 Å². The Labute approximate surface area is 167 Å². The van der Waals surface area contributed by atoms with Crippen molar-refractivity contribution in [1.29, 1.82) is 0 Å². The van der Waals surface area contributed by atoms with Crippen LogP contribution in [0.3, 0.4) is 0 Å². The van der Waals surface area contributed by atoms with Crippen LogP contribution in [-0.4, -0.2) is 52.4 Å². The zero-order valence-corrected chi connectivity index (χ0v) is 17.0. The predicted molar refractivity (Wildman–Crippen MR) is 101 cm³/mol. The van der Waals surface area contributed by atoms with Gasteiger partial charge in [0, 0.05) is 20.8 Å². The molecule has 1 aliphatic heterocycles. The SMILES string of the molecule is CC(=O)OC[C@H]1O[C@H](n2cnc3cc(C)c(C)cc32)[C@@H](OC(C)=O)[C@H]1OC(C)=O. The topological polar surface area (TPSA) is 106 Å². The van der Waals surface area contributed by atoms with Crippen LogP contribution in [0.4, 0.5) is 0 Å². The summed E-state index contributed by atoms with van der Waals surface area (Å²) in [6.07, 6.45) is -1.90. The number of rotatable bonds is 5. The molecule has 0 bridgehead atoms. The molecule has 156 valence electrons. The van der Waals surface area contributed by atoms with E-state index in [1.54, 1.807) is 10.9 Å². The molecule has 0 saturated carbocycles. The van der Waals surface area contributed by atoms with Crippen molar-refractivity contribution in [3.05, 3.63) is 29.6 Å². The molecule has 2 heterocycles. The third kappa shape index (κ3) is 4.40. The second-order valence-corrected chi connectivity index (χ2v) is 7.09. The Balaban J connectivity index is 2.03. The van der Waals surface area contributed by atoms with Crippen molar-refractivity contribution in [2.45, 2.75) is 59.2 Å². The summed E-state index contributed by atoms with van der Waals surface area (Å²) in [6, 6.07) is 3.92. The number of nitrogens with zero attached hydrogens (tertiary/aromatic N) is 2. The summed E-state index contributed by atoms with van der Waals surface area (Å²) in [4.78, 5) is 39.1. The van der Waals surface area contributed by atoms with Crippen LogP contribution >= 0.6 is 0 Å². The molecule has 9 nitrogen and oxygen atoms in total. The number of carbonyl (C=O) groups excluding carboxylic acids is 3. The zero-order valence-electron chi connectivity index (χ0n) is 17.0. The van der Waals surface area contributed by atoms with Crippen LogP contribution in [0.1, 0.15) is 38.1 Å². The number of fused-ring (bicyclic) bond motifs is 1. The van der Waals surface area contributed by atoms with E-state index < -0.39 is 42.4 Å². The van der Waals surface area contributed by atoms with Crippen molar-refractivity contribution in [2.24, 2.45) is 0 Å². The molecule has 29 heavy (non-hydrogen) atoms. The summed E-state index contributed by atoms with van der Waals surface area (Å²) in [5.41, 5.74) is 3.70. The van der Waals surface area contributed by atoms with E-state index in [2.05, 4.69) is 4.98 Å². The first-order valence-electron chi connectivity index (χ1n) is 9.24. The summed E-state index contributed by atoms with van der Waals surface area (Å²) >= 11 is 0. The van der Waals surface area contributed by atoms with Crippen molar-refractivity contribution in [2.75, 3.05) is 6.61 Å². The molecule has 1 saturated heterocycles. The molecule has 3 rings (SSSR count). The maximum atomic E-state index is 11.8. The van der Waals surface area contributed by atoms with Crippen LogP contribution < -0.4 is 0 Å². The number of ether oxygens (including phenoxy) is 4. The highest BCUT2D eigenvalue weighted by molar-refractivity contribution is 5.77. The molecule has 0 spiro atoms. The fraction of sp³-hybridized carbons (Fsp3) is 0.500. The van der Waals surface area contributed by atoms with Gasteiger partial charge in [0.05, 0.1) is 17.4 Å². The van der Waals surface area contributed by atoms with Crippen molar-refractivity contribution < 1.29 is 33.3 Å². The number of benzene rings is 1. The Morgan fingerprint density at radius 2 is 1.62 bits per heavy atom. The van der Waals surface area contributed by atoms with E-state index in [0.717, 1.165) is 22.2 Å². The van der Waals surface area contributed by atoms with Gasteiger partial charge in [0.15, 0.2) is 18.4 Å². The maximum absolute atomic E-state index is 11.8. The third-order valence-electron chi connectivity index (χ3n) is 4.80. The van der Waals surface area contributed by atoms with E-state index in [4.69, 9.17) is 18.9 Å². The van der Waals surface area contributed by atoms with Crippen LogP contribution in [0.15, 0.2) is 18.5 Å². The number of esters is 3. The molecule has 1 aromatic carbocycles. The molecule has 1 fully saturated rings. The fourth-order valence-corrected chi connectivity index (χ4v) is 3.40. The predicted octanol–water partition coefficient (Wildman–Crippen LogP) is 1.98. The maximum Gasteiger partial charge on any atom is 0.303 e. The van der Waals surface area contributed by atoms with Crippen LogP contribution in [-0.2, 0) is 33.3 Å². The van der Waals surface area contributed by atoms with Gasteiger partial charge in [-0.3, -0.25) is 14.4 Å². The molecule has 9 heteroatoms. The first-order chi connectivity index (χ1) is 13.7. The number of aromatic nitrogens is 2. The summed E-state index contributed by atoms with van der Waals surface area (Å²) in [5, 5.41) is 0. The largest absolute Gasteiger partial charge is 0.463 e. The standard InChI is InChI=1S/C20H24N2O7/c1-10-6-15-16(7-11(10)2)22(9-21-15)20-19(28-14(5)25)18(27-13(4)24)17(29-20)8-26-12(3)23/h6-7,9,17-20H,8H2,1-5H3/t17-,18+,19+,20+/m1/s1. The first-order valence-corrected chi connectivity index (χ1v) is 9.24. The average molecular weight is 404 g/mol. The van der Waals surface area contributed by atoms with Crippen LogP contribution in [0.25, 0.3) is 11.0 Å². The minimum absolute atomic E-state index is 0.147. The van der Waals surface area contributed by atoms with Crippen molar-refractivity contribution in [3.63, 3.8) is 0 Å². The van der Waals surface area contributed by atoms with E-state index in [1.807, 2.05) is 26.0 Å². The molecule has 0 amide bonds. The third-order valence-corrected chi connectivity index (χ3v) is 4.80. The first kappa shape index (κ1) is 20.8. The number of hydrogen-bond donors (Lipinski definition) is 0. The van der Waals surface area contributed by atoms with Gasteiger partial charge in [-0.15, -0.1) is 0 Å². The fourth-order valence-electron chi connectivity index (χ4n) is 3.40. The number of aryl methyl sites for hydroxylation is 2. The second kappa shape index (κ2) is 8.20. The molecular formula is C20H24N2O7. The molecular weight excluding hydrogens is 380 g/mol. The van der Waals surface area contributed by atoms with Crippen molar-refractivity contribution in [3.8, 4) is 0 Å². The summed E-state index contributed by atoms with van der Waals surface area (Å²) < 4.78 is 23.7. The number of imidazole rings is 1. The lowest BCUT2D eigenvalue weighted by atomic mass is 10.1.